The van der Waals surface area contributed by atoms with Crippen LogP contribution in [0.5, 0.6) is 0 Å². The van der Waals surface area contributed by atoms with E-state index in [4.69, 9.17) is 10.8 Å². The van der Waals surface area contributed by atoms with Gasteiger partial charge in [0.1, 0.15) is 6.04 Å². The van der Waals surface area contributed by atoms with Crippen LogP contribution in [0, 0.1) is 0 Å². The van der Waals surface area contributed by atoms with Crippen molar-refractivity contribution in [2.24, 2.45) is 5.73 Å². The first kappa shape index (κ1) is 14.0. The van der Waals surface area contributed by atoms with E-state index in [1.54, 1.807) is 0 Å². The van der Waals surface area contributed by atoms with Crippen LogP contribution in [0.1, 0.15) is 12.0 Å². The van der Waals surface area contributed by atoms with E-state index in [1.165, 1.54) is 32.3 Å². The zero-order valence-corrected chi connectivity index (χ0v) is 12.6. The minimum absolute atomic E-state index is 0.444. The van der Waals surface area contributed by atoms with Crippen molar-refractivity contribution in [1.82, 2.24) is 0 Å². The molecule has 1 atom stereocenters. The predicted octanol–water partition coefficient (Wildman–Crippen LogP) is 3.93. The lowest BCUT2D eigenvalue weighted by Crippen LogP contribution is -2.30. The van der Waals surface area contributed by atoms with Crippen molar-refractivity contribution in [2.75, 3.05) is 0 Å². The van der Waals surface area contributed by atoms with Gasteiger partial charge in [0.2, 0.25) is 0 Å². The number of hydrogen-bond donors (Lipinski definition) is 2. The highest BCUT2D eigenvalue weighted by Crippen LogP contribution is 2.36. The zero-order valence-electron chi connectivity index (χ0n) is 12.6. The Balaban J connectivity index is 1.91. The molecule has 0 radical (unpaired) electrons. The van der Waals surface area contributed by atoms with Crippen molar-refractivity contribution in [1.29, 1.82) is 0 Å². The second kappa shape index (κ2) is 5.21. The first-order valence-corrected chi connectivity index (χ1v) is 7.79. The van der Waals surface area contributed by atoms with E-state index >= 15 is 0 Å². The van der Waals surface area contributed by atoms with E-state index in [9.17, 15) is 4.79 Å². The zero-order chi connectivity index (χ0) is 16.0. The molecule has 3 N–H and O–H groups in total. The summed E-state index contributed by atoms with van der Waals surface area (Å²) >= 11 is 0. The van der Waals surface area contributed by atoms with Gasteiger partial charge in [-0.1, -0.05) is 54.6 Å². The van der Waals surface area contributed by atoms with Crippen LogP contribution >= 0.6 is 0 Å². The standard InChI is InChI=1S/C20H17NO2/c21-17(20(22)23)11-9-12-4-5-15-7-6-13-2-1-3-14-8-10-16(12)19(15)18(13)14/h1-8,10,17H,9,11,21H2,(H,22,23)/t17-/m1/s1. The van der Waals surface area contributed by atoms with Gasteiger partial charge in [-0.25, -0.2) is 0 Å². The van der Waals surface area contributed by atoms with Crippen LogP contribution < -0.4 is 5.73 Å². The van der Waals surface area contributed by atoms with E-state index in [-0.39, 0.29) is 0 Å². The molecule has 0 saturated carbocycles. The summed E-state index contributed by atoms with van der Waals surface area (Å²) in [6.45, 7) is 0. The molecule has 3 nitrogen and oxygen atoms in total. The highest BCUT2D eigenvalue weighted by Gasteiger charge is 2.14. The van der Waals surface area contributed by atoms with Crippen molar-refractivity contribution < 1.29 is 9.90 Å². The van der Waals surface area contributed by atoms with Gasteiger partial charge in [0, 0.05) is 0 Å². The third-order valence-corrected chi connectivity index (χ3v) is 4.66. The number of carbonyl (C=O) groups is 1. The lowest BCUT2D eigenvalue weighted by molar-refractivity contribution is -0.138. The normalized spacial score (nSPS) is 13.1. The van der Waals surface area contributed by atoms with Gasteiger partial charge < -0.3 is 10.8 Å². The quantitative estimate of drug-likeness (QED) is 0.561. The molecule has 0 aromatic heterocycles. The molecule has 0 bridgehead atoms. The number of aryl methyl sites for hydroxylation is 1. The third kappa shape index (κ3) is 2.21. The van der Waals surface area contributed by atoms with E-state index < -0.39 is 12.0 Å². The number of hydrogen-bond acceptors (Lipinski definition) is 2. The summed E-state index contributed by atoms with van der Waals surface area (Å²) in [5.41, 5.74) is 6.81. The van der Waals surface area contributed by atoms with Crippen molar-refractivity contribution in [3.63, 3.8) is 0 Å². The van der Waals surface area contributed by atoms with Gasteiger partial charge in [0.05, 0.1) is 0 Å². The maximum absolute atomic E-state index is 10.9. The molecule has 0 fully saturated rings. The van der Waals surface area contributed by atoms with Gasteiger partial charge in [0.15, 0.2) is 0 Å². The van der Waals surface area contributed by atoms with Gasteiger partial charge in [-0.2, -0.15) is 0 Å². The predicted molar refractivity (Wildman–Crippen MR) is 94.1 cm³/mol. The molecule has 4 aromatic carbocycles. The van der Waals surface area contributed by atoms with Crippen LogP contribution in [0.15, 0.2) is 54.6 Å². The molecule has 0 saturated heterocycles. The molecule has 0 spiro atoms. The molecule has 3 heteroatoms. The number of benzene rings is 4. The van der Waals surface area contributed by atoms with Crippen LogP contribution in [0.3, 0.4) is 0 Å². The van der Waals surface area contributed by atoms with Crippen LogP contribution in [-0.2, 0) is 11.2 Å². The molecule has 23 heavy (non-hydrogen) atoms. The summed E-state index contributed by atoms with van der Waals surface area (Å²) in [6, 6.07) is 18.3. The molecular formula is C20H17NO2. The van der Waals surface area contributed by atoms with Crippen LogP contribution in [0.25, 0.3) is 32.3 Å². The summed E-state index contributed by atoms with van der Waals surface area (Å²) < 4.78 is 0. The lowest BCUT2D eigenvalue weighted by atomic mass is 9.90. The summed E-state index contributed by atoms with van der Waals surface area (Å²) in [7, 11) is 0. The second-order valence-corrected chi connectivity index (χ2v) is 6.06. The van der Waals surface area contributed by atoms with Gasteiger partial charge in [0.25, 0.3) is 0 Å². The van der Waals surface area contributed by atoms with Crippen LogP contribution in [-0.4, -0.2) is 17.1 Å². The average Bonchev–Trinajstić information content (AvgIpc) is 2.58. The number of carboxylic acid groups (broad SMARTS) is 1. The SMILES string of the molecule is N[C@H](CCc1ccc2ccc3cccc4ccc1c2c34)C(=O)O. The molecule has 0 aliphatic heterocycles. The second-order valence-electron chi connectivity index (χ2n) is 6.06. The number of aliphatic carboxylic acids is 1. The molecule has 0 heterocycles. The summed E-state index contributed by atoms with van der Waals surface area (Å²) in [4.78, 5) is 10.9. The molecular weight excluding hydrogens is 286 g/mol. The number of carboxylic acids is 1. The topological polar surface area (TPSA) is 63.3 Å². The smallest absolute Gasteiger partial charge is 0.320 e. The Hall–Kier alpha value is -2.65. The fourth-order valence-electron chi connectivity index (χ4n) is 3.45. The van der Waals surface area contributed by atoms with Gasteiger partial charge in [-0.15, -0.1) is 0 Å². The largest absolute Gasteiger partial charge is 0.480 e. The molecule has 4 rings (SSSR count). The van der Waals surface area contributed by atoms with E-state index in [0.29, 0.717) is 12.8 Å². The minimum Gasteiger partial charge on any atom is -0.480 e. The van der Waals surface area contributed by atoms with Gasteiger partial charge >= 0.3 is 5.97 Å². The number of nitrogens with two attached hydrogens (primary N) is 1. The Labute approximate surface area is 133 Å². The van der Waals surface area contributed by atoms with Crippen molar-refractivity contribution in [3.8, 4) is 0 Å². The summed E-state index contributed by atoms with van der Waals surface area (Å²) in [5.74, 6) is -0.942. The molecule has 0 aliphatic carbocycles. The van der Waals surface area contributed by atoms with Crippen molar-refractivity contribution in [2.45, 2.75) is 18.9 Å². The maximum atomic E-state index is 10.9. The molecule has 4 aromatic rings. The molecule has 0 aliphatic rings. The van der Waals surface area contributed by atoms with Gasteiger partial charge in [-0.05, 0) is 50.7 Å². The van der Waals surface area contributed by atoms with Crippen molar-refractivity contribution in [3.05, 3.63) is 60.2 Å². The Kier molecular flexibility index (Phi) is 3.17. The highest BCUT2D eigenvalue weighted by atomic mass is 16.4. The fraction of sp³-hybridized carbons (Fsp3) is 0.150. The summed E-state index contributed by atoms with van der Waals surface area (Å²) in [5, 5.41) is 16.4. The van der Waals surface area contributed by atoms with Gasteiger partial charge in [-0.3, -0.25) is 4.79 Å². The van der Waals surface area contributed by atoms with E-state index in [1.807, 2.05) is 0 Å². The van der Waals surface area contributed by atoms with E-state index in [2.05, 4.69) is 54.6 Å². The first-order chi connectivity index (χ1) is 11.1. The van der Waals surface area contributed by atoms with Crippen LogP contribution in [0.4, 0.5) is 0 Å². The maximum Gasteiger partial charge on any atom is 0.320 e. The average molecular weight is 303 g/mol. The first-order valence-electron chi connectivity index (χ1n) is 7.79. The molecule has 0 amide bonds. The molecule has 114 valence electrons. The Morgan fingerprint density at radius 2 is 1.52 bits per heavy atom. The number of rotatable bonds is 4. The lowest BCUT2D eigenvalue weighted by Gasteiger charge is -2.14. The summed E-state index contributed by atoms with van der Waals surface area (Å²) in [6.07, 6.45) is 1.11. The van der Waals surface area contributed by atoms with E-state index in [0.717, 1.165) is 5.56 Å². The minimum atomic E-state index is -0.942. The highest BCUT2D eigenvalue weighted by molar-refractivity contribution is 6.23. The monoisotopic (exact) mass is 303 g/mol. The Bertz CT molecular complexity index is 1010. The molecule has 0 unspecified atom stereocenters. The van der Waals surface area contributed by atoms with Crippen LogP contribution in [0.2, 0.25) is 0 Å². The Morgan fingerprint density at radius 3 is 2.22 bits per heavy atom. The van der Waals surface area contributed by atoms with Crippen molar-refractivity contribution >= 4 is 38.3 Å². The third-order valence-electron chi connectivity index (χ3n) is 4.66. The Morgan fingerprint density at radius 1 is 0.913 bits per heavy atom. The fourth-order valence-corrected chi connectivity index (χ4v) is 3.45.